The Bertz CT molecular complexity index is 621. The highest BCUT2D eigenvalue weighted by molar-refractivity contribution is 5.77. The van der Waals surface area contributed by atoms with Gasteiger partial charge in [-0.25, -0.2) is 0 Å². The van der Waals surface area contributed by atoms with E-state index < -0.39 is 11.9 Å². The Kier molecular flexibility index (Phi) is 6.60. The van der Waals surface area contributed by atoms with Crippen LogP contribution in [0.25, 0.3) is 0 Å². The number of hydrogen-bond donors (Lipinski definition) is 1. The van der Waals surface area contributed by atoms with Crippen LogP contribution < -0.4 is 0 Å². The normalized spacial score (nSPS) is 14.8. The van der Waals surface area contributed by atoms with Crippen LogP contribution in [0.5, 0.6) is 0 Å². The largest absolute Gasteiger partial charge is 0.481 e. The van der Waals surface area contributed by atoms with E-state index in [2.05, 4.69) is 26.0 Å². The van der Waals surface area contributed by atoms with E-state index in [1.807, 2.05) is 48.5 Å². The molecule has 128 valence electrons. The molecular weight excluding hydrogens is 296 g/mol. The van der Waals surface area contributed by atoms with Crippen molar-refractivity contribution in [2.75, 3.05) is 0 Å². The molecule has 0 aliphatic carbocycles. The van der Waals surface area contributed by atoms with Gasteiger partial charge in [-0.3, -0.25) is 4.79 Å². The van der Waals surface area contributed by atoms with E-state index in [1.54, 1.807) is 0 Å². The number of benzene rings is 2. The molecule has 0 saturated heterocycles. The van der Waals surface area contributed by atoms with E-state index in [0.29, 0.717) is 0 Å². The van der Waals surface area contributed by atoms with Gasteiger partial charge < -0.3 is 5.11 Å². The van der Waals surface area contributed by atoms with Gasteiger partial charge in [0.05, 0.1) is 5.92 Å². The molecule has 2 nitrogen and oxygen atoms in total. The second-order valence-electron chi connectivity index (χ2n) is 6.66. The zero-order valence-electron chi connectivity index (χ0n) is 14.7. The van der Waals surface area contributed by atoms with Crippen LogP contribution >= 0.6 is 0 Å². The molecule has 0 spiro atoms. The van der Waals surface area contributed by atoms with Crippen LogP contribution in [0.2, 0.25) is 0 Å². The molecule has 0 fully saturated rings. The molecule has 2 rings (SSSR count). The molecular formula is C22H28O2. The number of hydrogen-bond acceptors (Lipinski definition) is 1. The fraction of sp³-hybridized carbons (Fsp3) is 0.409. The third kappa shape index (κ3) is 4.25. The minimum Gasteiger partial charge on any atom is -0.481 e. The zero-order valence-corrected chi connectivity index (χ0v) is 14.7. The first-order valence-corrected chi connectivity index (χ1v) is 8.94. The zero-order chi connectivity index (χ0) is 17.4. The predicted octanol–water partition coefficient (Wildman–Crippen LogP) is 5.68. The van der Waals surface area contributed by atoms with Crippen LogP contribution in [0.4, 0.5) is 0 Å². The lowest BCUT2D eigenvalue weighted by Gasteiger charge is -2.39. The van der Waals surface area contributed by atoms with Crippen LogP contribution in [0.15, 0.2) is 60.7 Å². The third-order valence-corrected chi connectivity index (χ3v) is 5.12. The molecule has 24 heavy (non-hydrogen) atoms. The summed E-state index contributed by atoms with van der Waals surface area (Å²) < 4.78 is 0. The molecule has 1 N–H and O–H groups in total. The molecule has 0 aromatic heterocycles. The minimum absolute atomic E-state index is 0.259. The third-order valence-electron chi connectivity index (χ3n) is 5.12. The SMILES string of the molecule is CCCCC(CC)(Cc1ccccc1)C(C(=O)O)c1ccccc1. The number of aliphatic carboxylic acids is 1. The molecule has 0 radical (unpaired) electrons. The van der Waals surface area contributed by atoms with Gasteiger partial charge in [-0.1, -0.05) is 87.4 Å². The molecule has 0 aliphatic heterocycles. The fourth-order valence-electron chi connectivity index (χ4n) is 3.78. The number of unbranched alkanes of at least 4 members (excludes halogenated alkanes) is 1. The number of carboxylic acid groups (broad SMARTS) is 1. The summed E-state index contributed by atoms with van der Waals surface area (Å²) in [4.78, 5) is 12.3. The molecule has 0 amide bonds. The summed E-state index contributed by atoms with van der Waals surface area (Å²) in [5.41, 5.74) is 1.88. The van der Waals surface area contributed by atoms with Crippen LogP contribution in [0, 0.1) is 5.41 Å². The van der Waals surface area contributed by atoms with E-state index in [1.165, 1.54) is 5.56 Å². The second-order valence-corrected chi connectivity index (χ2v) is 6.66. The molecule has 0 heterocycles. The molecule has 2 unspecified atom stereocenters. The first-order chi connectivity index (χ1) is 11.6. The minimum atomic E-state index is -0.713. The number of rotatable bonds is 9. The van der Waals surface area contributed by atoms with Crippen LogP contribution in [0.1, 0.15) is 56.6 Å². The van der Waals surface area contributed by atoms with Crippen LogP contribution in [-0.2, 0) is 11.2 Å². The fourth-order valence-corrected chi connectivity index (χ4v) is 3.78. The topological polar surface area (TPSA) is 37.3 Å². The van der Waals surface area contributed by atoms with Gasteiger partial charge in [0.1, 0.15) is 0 Å². The van der Waals surface area contributed by atoms with Gasteiger partial charge in [0, 0.05) is 0 Å². The summed E-state index contributed by atoms with van der Waals surface area (Å²) in [6.45, 7) is 4.30. The Hall–Kier alpha value is -2.09. The summed E-state index contributed by atoms with van der Waals surface area (Å²) in [6.07, 6.45) is 4.72. The molecule has 2 aromatic rings. The Morgan fingerprint density at radius 2 is 1.58 bits per heavy atom. The standard InChI is InChI=1S/C22H28O2/c1-3-5-16-22(4-2,17-18-12-8-6-9-13-18)20(21(23)24)19-14-10-7-11-15-19/h6-15,20H,3-5,16-17H2,1-2H3,(H,23,24). The maximum Gasteiger partial charge on any atom is 0.311 e. The molecule has 0 saturated carbocycles. The van der Waals surface area contributed by atoms with Crippen molar-refractivity contribution in [1.82, 2.24) is 0 Å². The van der Waals surface area contributed by atoms with Crippen molar-refractivity contribution in [3.05, 3.63) is 71.8 Å². The lowest BCUT2D eigenvalue weighted by molar-refractivity contribution is -0.142. The maximum absolute atomic E-state index is 12.3. The Balaban J connectivity index is 2.46. The van der Waals surface area contributed by atoms with Gasteiger partial charge in [0.2, 0.25) is 0 Å². The van der Waals surface area contributed by atoms with Crippen molar-refractivity contribution in [3.63, 3.8) is 0 Å². The van der Waals surface area contributed by atoms with E-state index in [4.69, 9.17) is 0 Å². The number of carboxylic acids is 1. The van der Waals surface area contributed by atoms with Gasteiger partial charge in [0.25, 0.3) is 0 Å². The highest BCUT2D eigenvalue weighted by Gasteiger charge is 2.42. The average molecular weight is 324 g/mol. The van der Waals surface area contributed by atoms with Crippen molar-refractivity contribution in [1.29, 1.82) is 0 Å². The van der Waals surface area contributed by atoms with Crippen molar-refractivity contribution in [2.24, 2.45) is 5.41 Å². The van der Waals surface area contributed by atoms with E-state index >= 15 is 0 Å². The first kappa shape index (κ1) is 18.3. The molecule has 0 bridgehead atoms. The van der Waals surface area contributed by atoms with E-state index in [-0.39, 0.29) is 5.41 Å². The van der Waals surface area contributed by atoms with Crippen molar-refractivity contribution in [2.45, 2.75) is 51.9 Å². The van der Waals surface area contributed by atoms with Crippen LogP contribution in [0.3, 0.4) is 0 Å². The monoisotopic (exact) mass is 324 g/mol. The lowest BCUT2D eigenvalue weighted by atomic mass is 9.64. The number of carbonyl (C=O) groups is 1. The average Bonchev–Trinajstić information content (AvgIpc) is 2.61. The molecule has 2 aromatic carbocycles. The van der Waals surface area contributed by atoms with E-state index in [9.17, 15) is 9.90 Å². The van der Waals surface area contributed by atoms with Crippen molar-refractivity contribution in [3.8, 4) is 0 Å². The van der Waals surface area contributed by atoms with Crippen molar-refractivity contribution >= 4 is 5.97 Å². The highest BCUT2D eigenvalue weighted by atomic mass is 16.4. The summed E-state index contributed by atoms with van der Waals surface area (Å²) in [6, 6.07) is 20.0. The van der Waals surface area contributed by atoms with Gasteiger partial charge in [0.15, 0.2) is 0 Å². The Labute approximate surface area is 145 Å². The summed E-state index contributed by atoms with van der Waals surface area (Å²) in [5.74, 6) is -1.19. The van der Waals surface area contributed by atoms with Crippen molar-refractivity contribution < 1.29 is 9.90 Å². The smallest absolute Gasteiger partial charge is 0.311 e. The van der Waals surface area contributed by atoms with E-state index in [0.717, 1.165) is 37.7 Å². The Morgan fingerprint density at radius 3 is 2.08 bits per heavy atom. The van der Waals surface area contributed by atoms with Crippen LogP contribution in [-0.4, -0.2) is 11.1 Å². The quantitative estimate of drug-likeness (QED) is 0.644. The van der Waals surface area contributed by atoms with Gasteiger partial charge >= 0.3 is 5.97 Å². The molecule has 2 heteroatoms. The Morgan fingerprint density at radius 1 is 1.00 bits per heavy atom. The second kappa shape index (κ2) is 8.68. The summed E-state index contributed by atoms with van der Waals surface area (Å²) in [7, 11) is 0. The summed E-state index contributed by atoms with van der Waals surface area (Å²) >= 11 is 0. The molecule has 2 atom stereocenters. The predicted molar refractivity (Wildman–Crippen MR) is 99.2 cm³/mol. The molecule has 0 aliphatic rings. The summed E-state index contributed by atoms with van der Waals surface area (Å²) in [5, 5.41) is 10.1. The first-order valence-electron chi connectivity index (χ1n) is 8.94. The van der Waals surface area contributed by atoms with Gasteiger partial charge in [-0.05, 0) is 35.8 Å². The highest BCUT2D eigenvalue weighted by Crippen LogP contribution is 2.46. The maximum atomic E-state index is 12.3. The lowest BCUT2D eigenvalue weighted by Crippen LogP contribution is -2.36. The van der Waals surface area contributed by atoms with Gasteiger partial charge in [-0.15, -0.1) is 0 Å². The van der Waals surface area contributed by atoms with Gasteiger partial charge in [-0.2, -0.15) is 0 Å².